The summed E-state index contributed by atoms with van der Waals surface area (Å²) in [6.07, 6.45) is 1.53. The summed E-state index contributed by atoms with van der Waals surface area (Å²) in [7, 11) is 1.65. The second-order valence-electron chi connectivity index (χ2n) is 3.67. The highest BCUT2D eigenvalue weighted by atomic mass is 16.5. The average Bonchev–Trinajstić information content (AvgIpc) is 2.40. The van der Waals surface area contributed by atoms with Gasteiger partial charge in [0.1, 0.15) is 23.3 Å². The van der Waals surface area contributed by atoms with E-state index in [0.29, 0.717) is 18.1 Å². The zero-order chi connectivity index (χ0) is 12.8. The van der Waals surface area contributed by atoms with Crippen molar-refractivity contribution in [2.75, 3.05) is 7.11 Å². The Morgan fingerprint density at radius 2 is 2.11 bits per heavy atom. The van der Waals surface area contributed by atoms with Crippen molar-refractivity contribution in [3.8, 4) is 17.6 Å². The normalized spacial score (nSPS) is 9.78. The summed E-state index contributed by atoms with van der Waals surface area (Å²) in [4.78, 5) is 3.94. The Kier molecular flexibility index (Phi) is 3.90. The largest absolute Gasteiger partial charge is 0.456 e. The molecule has 0 saturated carbocycles. The van der Waals surface area contributed by atoms with Crippen LogP contribution in [0.3, 0.4) is 0 Å². The lowest BCUT2D eigenvalue weighted by Gasteiger charge is -2.06. The van der Waals surface area contributed by atoms with Crippen LogP contribution in [0.5, 0.6) is 11.5 Å². The number of nitrogens with zero attached hydrogens (tertiary/aromatic N) is 2. The number of hydrogen-bond acceptors (Lipinski definition) is 4. The molecule has 0 saturated heterocycles. The van der Waals surface area contributed by atoms with Gasteiger partial charge in [-0.25, -0.2) is 4.98 Å². The van der Waals surface area contributed by atoms with Crippen LogP contribution in [0.4, 0.5) is 0 Å². The Morgan fingerprint density at radius 3 is 2.78 bits per heavy atom. The fraction of sp³-hybridized carbons (Fsp3) is 0.143. The number of pyridine rings is 1. The molecule has 1 aromatic carbocycles. The lowest BCUT2D eigenvalue weighted by molar-refractivity contribution is 0.184. The predicted octanol–water partition coefficient (Wildman–Crippen LogP) is 2.89. The fourth-order valence-electron chi connectivity index (χ4n) is 1.51. The van der Waals surface area contributed by atoms with Gasteiger partial charge in [-0.2, -0.15) is 5.26 Å². The van der Waals surface area contributed by atoms with Crippen molar-refractivity contribution < 1.29 is 9.47 Å². The van der Waals surface area contributed by atoms with Gasteiger partial charge in [0.25, 0.3) is 0 Å². The molecule has 1 aromatic heterocycles. The third-order valence-electron chi connectivity index (χ3n) is 2.30. The minimum atomic E-state index is 0.371. The lowest BCUT2D eigenvalue weighted by atomic mass is 10.2. The maximum Gasteiger partial charge on any atom is 0.145 e. The summed E-state index contributed by atoms with van der Waals surface area (Å²) in [5, 5.41) is 8.65. The molecule has 4 nitrogen and oxygen atoms in total. The second-order valence-corrected chi connectivity index (χ2v) is 3.67. The average molecular weight is 240 g/mol. The molecular weight excluding hydrogens is 228 g/mol. The first kappa shape index (κ1) is 12.1. The van der Waals surface area contributed by atoms with Crippen molar-refractivity contribution in [2.24, 2.45) is 0 Å². The summed E-state index contributed by atoms with van der Waals surface area (Å²) < 4.78 is 10.7. The molecule has 0 spiro atoms. The van der Waals surface area contributed by atoms with Crippen molar-refractivity contribution in [3.05, 3.63) is 53.9 Å². The van der Waals surface area contributed by atoms with Crippen LogP contribution >= 0.6 is 0 Å². The van der Waals surface area contributed by atoms with Gasteiger partial charge in [0, 0.05) is 7.11 Å². The van der Waals surface area contributed by atoms with Gasteiger partial charge < -0.3 is 9.47 Å². The van der Waals surface area contributed by atoms with Crippen LogP contribution in [0, 0.1) is 11.3 Å². The van der Waals surface area contributed by atoms with E-state index in [1.807, 2.05) is 30.3 Å². The summed E-state index contributed by atoms with van der Waals surface area (Å²) >= 11 is 0. The molecule has 90 valence electrons. The Labute approximate surface area is 105 Å². The molecule has 0 atom stereocenters. The molecule has 0 bridgehead atoms. The topological polar surface area (TPSA) is 55.1 Å². The Balaban J connectivity index is 2.12. The van der Waals surface area contributed by atoms with Crippen LogP contribution in [0.15, 0.2) is 42.6 Å². The van der Waals surface area contributed by atoms with E-state index >= 15 is 0 Å². The van der Waals surface area contributed by atoms with Crippen molar-refractivity contribution in [2.45, 2.75) is 6.61 Å². The molecule has 2 aromatic rings. The lowest BCUT2D eigenvalue weighted by Crippen LogP contribution is -1.90. The van der Waals surface area contributed by atoms with Crippen molar-refractivity contribution >= 4 is 0 Å². The summed E-state index contributed by atoms with van der Waals surface area (Å²) in [5.74, 6) is 1.32. The fourth-order valence-corrected chi connectivity index (χ4v) is 1.51. The highest BCUT2D eigenvalue weighted by Crippen LogP contribution is 2.21. The van der Waals surface area contributed by atoms with E-state index in [2.05, 4.69) is 4.98 Å². The summed E-state index contributed by atoms with van der Waals surface area (Å²) in [6, 6.07) is 12.9. The maximum absolute atomic E-state index is 8.65. The number of nitriles is 1. The molecule has 0 fully saturated rings. The van der Waals surface area contributed by atoms with Gasteiger partial charge in [-0.1, -0.05) is 12.1 Å². The van der Waals surface area contributed by atoms with Crippen molar-refractivity contribution in [1.82, 2.24) is 4.98 Å². The van der Waals surface area contributed by atoms with Gasteiger partial charge in [-0.15, -0.1) is 0 Å². The first-order chi connectivity index (χ1) is 8.81. The number of ether oxygens (including phenoxy) is 2. The molecule has 0 aliphatic rings. The van der Waals surface area contributed by atoms with Gasteiger partial charge in [0.2, 0.25) is 0 Å². The molecule has 0 radical (unpaired) electrons. The molecule has 0 unspecified atom stereocenters. The van der Waals surface area contributed by atoms with Crippen LogP contribution in [0.25, 0.3) is 0 Å². The minimum Gasteiger partial charge on any atom is -0.456 e. The molecule has 2 rings (SSSR count). The molecule has 1 heterocycles. The quantitative estimate of drug-likeness (QED) is 0.824. The zero-order valence-electron chi connectivity index (χ0n) is 9.96. The van der Waals surface area contributed by atoms with E-state index in [1.54, 1.807) is 19.2 Å². The molecule has 0 amide bonds. The molecular formula is C14H12N2O2. The number of hydrogen-bond donors (Lipinski definition) is 0. The van der Waals surface area contributed by atoms with Crippen LogP contribution in [0.1, 0.15) is 11.3 Å². The van der Waals surface area contributed by atoms with Crippen molar-refractivity contribution in [3.63, 3.8) is 0 Å². The van der Waals surface area contributed by atoms with Gasteiger partial charge in [-0.3, -0.25) is 0 Å². The molecule has 4 heteroatoms. The van der Waals surface area contributed by atoms with E-state index in [9.17, 15) is 0 Å². The molecule has 0 aliphatic heterocycles. The number of rotatable bonds is 4. The van der Waals surface area contributed by atoms with E-state index in [1.165, 1.54) is 6.20 Å². The number of benzene rings is 1. The predicted molar refractivity (Wildman–Crippen MR) is 66.2 cm³/mol. The van der Waals surface area contributed by atoms with E-state index in [-0.39, 0.29) is 0 Å². The van der Waals surface area contributed by atoms with Crippen LogP contribution < -0.4 is 4.74 Å². The number of methoxy groups -OCH3 is 1. The molecule has 18 heavy (non-hydrogen) atoms. The first-order valence-electron chi connectivity index (χ1n) is 5.43. The van der Waals surface area contributed by atoms with Crippen LogP contribution in [-0.2, 0) is 11.3 Å². The third kappa shape index (κ3) is 3.06. The monoisotopic (exact) mass is 240 g/mol. The van der Waals surface area contributed by atoms with Gasteiger partial charge in [0.05, 0.1) is 12.8 Å². The Morgan fingerprint density at radius 1 is 1.22 bits per heavy atom. The van der Waals surface area contributed by atoms with E-state index < -0.39 is 0 Å². The zero-order valence-corrected chi connectivity index (χ0v) is 9.96. The number of aromatic nitrogens is 1. The van der Waals surface area contributed by atoms with Crippen molar-refractivity contribution in [1.29, 1.82) is 5.26 Å². The standard InChI is InChI=1S/C14H12N2O2/c1-17-10-11-3-2-4-13(7-11)18-14-6-5-12(8-15)16-9-14/h2-7,9H,10H2,1H3. The minimum absolute atomic E-state index is 0.371. The summed E-state index contributed by atoms with van der Waals surface area (Å²) in [6.45, 7) is 0.544. The van der Waals surface area contributed by atoms with Gasteiger partial charge in [0.15, 0.2) is 0 Å². The van der Waals surface area contributed by atoms with E-state index in [4.69, 9.17) is 14.7 Å². The summed E-state index contributed by atoms with van der Waals surface area (Å²) in [5.41, 5.74) is 1.41. The highest BCUT2D eigenvalue weighted by Gasteiger charge is 2.00. The van der Waals surface area contributed by atoms with E-state index in [0.717, 1.165) is 11.3 Å². The van der Waals surface area contributed by atoms with Crippen LogP contribution in [0.2, 0.25) is 0 Å². The molecule has 0 N–H and O–H groups in total. The third-order valence-corrected chi connectivity index (χ3v) is 2.30. The second kappa shape index (κ2) is 5.80. The Bertz CT molecular complexity index is 559. The Hall–Kier alpha value is -2.38. The SMILES string of the molecule is COCc1cccc(Oc2ccc(C#N)nc2)c1. The van der Waals surface area contributed by atoms with Gasteiger partial charge in [-0.05, 0) is 29.8 Å². The molecule has 0 aliphatic carbocycles. The van der Waals surface area contributed by atoms with Gasteiger partial charge >= 0.3 is 0 Å². The first-order valence-corrected chi connectivity index (χ1v) is 5.43. The smallest absolute Gasteiger partial charge is 0.145 e. The maximum atomic E-state index is 8.65. The highest BCUT2D eigenvalue weighted by molar-refractivity contribution is 5.34. The van der Waals surface area contributed by atoms with Crippen LogP contribution in [-0.4, -0.2) is 12.1 Å².